The standard InChI is InChI=1S/C10H9NO.C6H6/c1-8(2)9-3-5-10(6-4-9)12-7-11;1-2-4-6-5-3-1/h3-6H,1H2,2H3;1-6H. The summed E-state index contributed by atoms with van der Waals surface area (Å²) in [7, 11) is 0. The van der Waals surface area contributed by atoms with Gasteiger partial charge in [0, 0.05) is 0 Å². The van der Waals surface area contributed by atoms with Gasteiger partial charge in [-0.2, -0.15) is 0 Å². The van der Waals surface area contributed by atoms with Crippen molar-refractivity contribution in [1.29, 1.82) is 5.26 Å². The molecule has 0 fully saturated rings. The lowest BCUT2D eigenvalue weighted by atomic mass is 10.1. The van der Waals surface area contributed by atoms with Crippen LogP contribution in [0.4, 0.5) is 0 Å². The van der Waals surface area contributed by atoms with Gasteiger partial charge >= 0.3 is 0 Å². The lowest BCUT2D eigenvalue weighted by Crippen LogP contribution is -1.82. The second-order valence-electron chi connectivity index (χ2n) is 3.65. The summed E-state index contributed by atoms with van der Waals surface area (Å²) in [5.41, 5.74) is 2.05. The minimum atomic E-state index is 0.558. The summed E-state index contributed by atoms with van der Waals surface area (Å²) < 4.78 is 4.62. The molecule has 0 radical (unpaired) electrons. The maximum atomic E-state index is 8.21. The van der Waals surface area contributed by atoms with E-state index in [1.54, 1.807) is 18.4 Å². The monoisotopic (exact) mass is 237 g/mol. The van der Waals surface area contributed by atoms with E-state index in [2.05, 4.69) is 11.3 Å². The molecule has 0 aliphatic heterocycles. The molecule has 0 aromatic heterocycles. The van der Waals surface area contributed by atoms with Crippen LogP contribution in [-0.2, 0) is 0 Å². The van der Waals surface area contributed by atoms with E-state index in [4.69, 9.17) is 5.26 Å². The maximum Gasteiger partial charge on any atom is 0.292 e. The van der Waals surface area contributed by atoms with Gasteiger partial charge in [0.2, 0.25) is 0 Å². The number of benzene rings is 2. The lowest BCUT2D eigenvalue weighted by molar-refractivity contribution is 0.507. The topological polar surface area (TPSA) is 33.0 Å². The molecule has 0 spiro atoms. The van der Waals surface area contributed by atoms with Crippen molar-refractivity contribution in [3.8, 4) is 12.0 Å². The first-order chi connectivity index (χ1) is 8.74. The van der Waals surface area contributed by atoms with Crippen LogP contribution in [0.5, 0.6) is 5.75 Å². The molecule has 2 aromatic carbocycles. The molecule has 0 atom stereocenters. The van der Waals surface area contributed by atoms with Crippen LogP contribution in [0.25, 0.3) is 5.57 Å². The molecular formula is C16H15NO. The summed E-state index contributed by atoms with van der Waals surface area (Å²) in [5.74, 6) is 0.558. The van der Waals surface area contributed by atoms with Crippen LogP contribution in [0.15, 0.2) is 67.2 Å². The van der Waals surface area contributed by atoms with Gasteiger partial charge in [-0.3, -0.25) is 0 Å². The third-order valence-electron chi connectivity index (χ3n) is 2.18. The van der Waals surface area contributed by atoms with Crippen molar-refractivity contribution in [3.05, 3.63) is 72.8 Å². The Morgan fingerprint density at radius 2 is 1.44 bits per heavy atom. The Bertz CT molecular complexity index is 482. The predicted octanol–water partition coefficient (Wildman–Crippen LogP) is 4.27. The molecule has 2 nitrogen and oxygen atoms in total. The van der Waals surface area contributed by atoms with Gasteiger partial charge in [0.1, 0.15) is 5.75 Å². The predicted molar refractivity (Wildman–Crippen MR) is 73.8 cm³/mol. The van der Waals surface area contributed by atoms with Crippen molar-refractivity contribution in [2.24, 2.45) is 0 Å². The molecule has 0 bridgehead atoms. The molecule has 0 heterocycles. The minimum Gasteiger partial charge on any atom is -0.388 e. The highest BCUT2D eigenvalue weighted by atomic mass is 16.5. The summed E-state index contributed by atoms with van der Waals surface area (Å²) in [6.07, 6.45) is 1.61. The van der Waals surface area contributed by atoms with Crippen LogP contribution in [0.3, 0.4) is 0 Å². The van der Waals surface area contributed by atoms with E-state index in [0.29, 0.717) is 5.75 Å². The van der Waals surface area contributed by atoms with Crippen LogP contribution >= 0.6 is 0 Å². The fraction of sp³-hybridized carbons (Fsp3) is 0.0625. The molecule has 2 aromatic rings. The second-order valence-corrected chi connectivity index (χ2v) is 3.65. The molecular weight excluding hydrogens is 222 g/mol. The van der Waals surface area contributed by atoms with Crippen LogP contribution < -0.4 is 4.74 Å². The molecule has 0 saturated heterocycles. The summed E-state index contributed by atoms with van der Waals surface area (Å²) in [6.45, 7) is 5.73. The van der Waals surface area contributed by atoms with Crippen molar-refractivity contribution in [2.45, 2.75) is 6.92 Å². The average Bonchev–Trinajstić information content (AvgIpc) is 2.42. The van der Waals surface area contributed by atoms with Crippen LogP contribution in [-0.4, -0.2) is 0 Å². The zero-order valence-corrected chi connectivity index (χ0v) is 10.3. The van der Waals surface area contributed by atoms with Gasteiger partial charge in [-0.25, -0.2) is 0 Å². The Morgan fingerprint density at radius 3 is 1.78 bits per heavy atom. The van der Waals surface area contributed by atoms with E-state index in [1.165, 1.54) is 0 Å². The summed E-state index contributed by atoms with van der Waals surface area (Å²) in [6, 6.07) is 19.2. The van der Waals surface area contributed by atoms with Crippen molar-refractivity contribution in [3.63, 3.8) is 0 Å². The molecule has 90 valence electrons. The van der Waals surface area contributed by atoms with Crippen LogP contribution in [0.2, 0.25) is 0 Å². The first-order valence-electron chi connectivity index (χ1n) is 5.56. The Balaban J connectivity index is 0.000000225. The van der Waals surface area contributed by atoms with Crippen LogP contribution in [0.1, 0.15) is 12.5 Å². The number of hydrogen-bond donors (Lipinski definition) is 0. The van der Waals surface area contributed by atoms with Gasteiger partial charge in [0.25, 0.3) is 6.26 Å². The highest BCUT2D eigenvalue weighted by Crippen LogP contribution is 2.16. The van der Waals surface area contributed by atoms with E-state index >= 15 is 0 Å². The zero-order valence-electron chi connectivity index (χ0n) is 10.3. The number of rotatable bonds is 2. The molecule has 0 N–H and O–H groups in total. The van der Waals surface area contributed by atoms with E-state index in [9.17, 15) is 0 Å². The first kappa shape index (κ1) is 13.5. The van der Waals surface area contributed by atoms with Gasteiger partial charge in [-0.1, -0.05) is 60.7 Å². The Hall–Kier alpha value is -2.53. The van der Waals surface area contributed by atoms with Crippen molar-refractivity contribution >= 4 is 5.57 Å². The van der Waals surface area contributed by atoms with Crippen LogP contribution in [0, 0.1) is 11.5 Å². The van der Waals surface area contributed by atoms with E-state index in [0.717, 1.165) is 11.1 Å². The third kappa shape index (κ3) is 5.00. The molecule has 18 heavy (non-hydrogen) atoms. The number of ether oxygens (including phenoxy) is 1. The summed E-state index contributed by atoms with van der Waals surface area (Å²) in [4.78, 5) is 0. The fourth-order valence-corrected chi connectivity index (χ4v) is 1.25. The number of allylic oxidation sites excluding steroid dienone is 1. The van der Waals surface area contributed by atoms with E-state index in [1.807, 2.05) is 55.5 Å². The van der Waals surface area contributed by atoms with Crippen molar-refractivity contribution in [1.82, 2.24) is 0 Å². The summed E-state index contributed by atoms with van der Waals surface area (Å²) >= 11 is 0. The van der Waals surface area contributed by atoms with Gasteiger partial charge < -0.3 is 4.74 Å². The molecule has 2 rings (SSSR count). The fourth-order valence-electron chi connectivity index (χ4n) is 1.25. The molecule has 0 unspecified atom stereocenters. The number of nitrogens with zero attached hydrogens (tertiary/aromatic N) is 1. The van der Waals surface area contributed by atoms with E-state index in [-0.39, 0.29) is 0 Å². The Morgan fingerprint density at radius 1 is 1.00 bits per heavy atom. The zero-order chi connectivity index (χ0) is 13.2. The Labute approximate surface area is 108 Å². The molecule has 0 aliphatic carbocycles. The SMILES string of the molecule is C=C(C)c1ccc(OC#N)cc1.c1ccccc1. The average molecular weight is 237 g/mol. The normalized spacial score (nSPS) is 8.44. The smallest absolute Gasteiger partial charge is 0.292 e. The summed E-state index contributed by atoms with van der Waals surface area (Å²) in [5, 5.41) is 8.21. The van der Waals surface area contributed by atoms with Gasteiger partial charge in [-0.15, -0.1) is 5.26 Å². The van der Waals surface area contributed by atoms with E-state index < -0.39 is 0 Å². The quantitative estimate of drug-likeness (QED) is 0.731. The van der Waals surface area contributed by atoms with Crippen molar-refractivity contribution < 1.29 is 4.74 Å². The van der Waals surface area contributed by atoms with Gasteiger partial charge in [0.05, 0.1) is 0 Å². The highest BCUT2D eigenvalue weighted by molar-refractivity contribution is 5.61. The second kappa shape index (κ2) is 7.70. The maximum absolute atomic E-state index is 8.21. The first-order valence-corrected chi connectivity index (χ1v) is 5.56. The molecule has 0 amide bonds. The van der Waals surface area contributed by atoms with Crippen molar-refractivity contribution in [2.75, 3.05) is 0 Å². The molecule has 0 saturated carbocycles. The molecule has 2 heteroatoms. The minimum absolute atomic E-state index is 0.558. The third-order valence-corrected chi connectivity index (χ3v) is 2.18. The largest absolute Gasteiger partial charge is 0.388 e. The van der Waals surface area contributed by atoms with Gasteiger partial charge in [-0.05, 0) is 24.6 Å². The van der Waals surface area contributed by atoms with Gasteiger partial charge in [0.15, 0.2) is 0 Å². The Kier molecular flexibility index (Phi) is 5.79. The number of nitriles is 1. The number of hydrogen-bond acceptors (Lipinski definition) is 2. The molecule has 0 aliphatic rings. The highest BCUT2D eigenvalue weighted by Gasteiger charge is 1.94. The lowest BCUT2D eigenvalue weighted by Gasteiger charge is -1.99.